The van der Waals surface area contributed by atoms with Crippen LogP contribution in [-0.2, 0) is 9.53 Å². The fourth-order valence-corrected chi connectivity index (χ4v) is 6.25. The lowest BCUT2D eigenvalue weighted by Crippen LogP contribution is -2.63. The van der Waals surface area contributed by atoms with Crippen molar-refractivity contribution < 1.29 is 18.7 Å². The van der Waals surface area contributed by atoms with E-state index in [0.717, 1.165) is 63.4 Å². The average Bonchev–Trinajstić information content (AvgIpc) is 3.32. The Morgan fingerprint density at radius 3 is 2.76 bits per heavy atom. The molecule has 1 aliphatic carbocycles. The molecule has 3 saturated heterocycles. The molecule has 1 saturated carbocycles. The second kappa shape index (κ2) is 9.18. The van der Waals surface area contributed by atoms with E-state index in [1.165, 1.54) is 0 Å². The van der Waals surface area contributed by atoms with Gasteiger partial charge in [-0.2, -0.15) is 0 Å². The van der Waals surface area contributed by atoms with E-state index in [1.54, 1.807) is 13.1 Å². The number of nitrogens with zero attached hydrogens (tertiary/aromatic N) is 3. The number of ether oxygens (including phenoxy) is 1. The second-order valence-electron chi connectivity index (χ2n) is 9.88. The third-order valence-corrected chi connectivity index (χ3v) is 8.05. The maximum absolute atomic E-state index is 15.5. The Bertz CT molecular complexity index is 906. The molecule has 0 bridgehead atoms. The number of alkyl halides is 1. The number of pyridine rings is 1. The minimum atomic E-state index is -1.03. The molecule has 6 unspecified atom stereocenters. The molecule has 4 heterocycles. The molecule has 6 atom stereocenters. The third-order valence-electron chi connectivity index (χ3n) is 8.05. The monoisotopic (exact) mass is 459 g/mol. The van der Waals surface area contributed by atoms with Crippen molar-refractivity contribution in [2.24, 2.45) is 17.8 Å². The summed E-state index contributed by atoms with van der Waals surface area (Å²) in [4.78, 5) is 33.3. The number of hydrogen-bond acceptors (Lipinski definition) is 6. The standard InChI is InChI=1S/C24H34FN5O3/c1-14-19(6-5-18(27-14)24(32)26-2)30-10-8-29(9-11-30)13-15-3-4-16-21(20(15)25)28-23(31)17-7-12-33-22(16)17/h5-6,15-17,20-22H,3-4,7-13H2,1-2H3,(H,26,32)(H,28,31). The molecule has 4 aliphatic rings. The molecular weight excluding hydrogens is 425 g/mol. The molecule has 9 heteroatoms. The predicted octanol–water partition coefficient (Wildman–Crippen LogP) is 1.14. The molecule has 1 aromatic rings. The van der Waals surface area contributed by atoms with E-state index >= 15 is 4.39 Å². The molecule has 180 valence electrons. The van der Waals surface area contributed by atoms with Crippen molar-refractivity contribution in [2.75, 3.05) is 51.3 Å². The Balaban J connectivity index is 1.17. The second-order valence-corrected chi connectivity index (χ2v) is 9.88. The lowest BCUT2D eigenvalue weighted by molar-refractivity contribution is -0.139. The van der Waals surface area contributed by atoms with Crippen LogP contribution in [0, 0.1) is 24.7 Å². The van der Waals surface area contributed by atoms with Crippen LogP contribution in [0.1, 0.15) is 35.4 Å². The summed E-state index contributed by atoms with van der Waals surface area (Å²) in [5.74, 6) is -0.263. The minimum absolute atomic E-state index is 0.0259. The molecule has 2 N–H and O–H groups in total. The first-order valence-electron chi connectivity index (χ1n) is 12.2. The first-order chi connectivity index (χ1) is 16.0. The summed E-state index contributed by atoms with van der Waals surface area (Å²) in [5.41, 5.74) is 2.31. The Kier molecular flexibility index (Phi) is 6.26. The van der Waals surface area contributed by atoms with Crippen LogP contribution in [0.5, 0.6) is 0 Å². The summed E-state index contributed by atoms with van der Waals surface area (Å²) < 4.78 is 21.4. The molecule has 2 amide bonds. The number of anilines is 1. The fraction of sp³-hybridized carbons (Fsp3) is 0.708. The maximum atomic E-state index is 15.5. The van der Waals surface area contributed by atoms with Crippen LogP contribution < -0.4 is 15.5 Å². The minimum Gasteiger partial charge on any atom is -0.377 e. The number of piperazine rings is 1. The lowest BCUT2D eigenvalue weighted by Gasteiger charge is -2.47. The molecule has 0 radical (unpaired) electrons. The van der Waals surface area contributed by atoms with Crippen LogP contribution in [0.4, 0.5) is 10.1 Å². The van der Waals surface area contributed by atoms with Crippen molar-refractivity contribution in [1.82, 2.24) is 20.5 Å². The van der Waals surface area contributed by atoms with Gasteiger partial charge in [0.25, 0.3) is 5.91 Å². The molecule has 1 aromatic heterocycles. The maximum Gasteiger partial charge on any atom is 0.269 e. The van der Waals surface area contributed by atoms with Gasteiger partial charge >= 0.3 is 0 Å². The van der Waals surface area contributed by atoms with Crippen LogP contribution in [0.2, 0.25) is 0 Å². The van der Waals surface area contributed by atoms with Gasteiger partial charge in [-0.05, 0) is 38.3 Å². The number of halogens is 1. The van der Waals surface area contributed by atoms with Gasteiger partial charge in [0, 0.05) is 58.2 Å². The summed E-state index contributed by atoms with van der Waals surface area (Å²) in [5, 5.41) is 5.61. The lowest BCUT2D eigenvalue weighted by atomic mass is 9.69. The number of carbonyl (C=O) groups excluding carboxylic acids is 2. The molecule has 3 aliphatic heterocycles. The van der Waals surface area contributed by atoms with Gasteiger partial charge in [-0.15, -0.1) is 0 Å². The zero-order chi connectivity index (χ0) is 23.1. The van der Waals surface area contributed by atoms with Crippen molar-refractivity contribution in [1.29, 1.82) is 0 Å². The Hall–Kier alpha value is -2.26. The zero-order valence-electron chi connectivity index (χ0n) is 19.4. The number of piperidine rings is 1. The van der Waals surface area contributed by atoms with Gasteiger partial charge in [-0.25, -0.2) is 9.37 Å². The third kappa shape index (κ3) is 4.21. The Labute approximate surface area is 194 Å². The summed E-state index contributed by atoms with van der Waals surface area (Å²) >= 11 is 0. The van der Waals surface area contributed by atoms with Crippen molar-refractivity contribution in [3.05, 3.63) is 23.5 Å². The number of aromatic nitrogens is 1. The average molecular weight is 460 g/mol. The molecule has 5 rings (SSSR count). The van der Waals surface area contributed by atoms with Crippen molar-refractivity contribution in [3.63, 3.8) is 0 Å². The van der Waals surface area contributed by atoms with Crippen LogP contribution in [-0.4, -0.2) is 86.4 Å². The van der Waals surface area contributed by atoms with Crippen molar-refractivity contribution in [3.8, 4) is 0 Å². The fourth-order valence-electron chi connectivity index (χ4n) is 6.25. The topological polar surface area (TPSA) is 86.8 Å². The molecule has 33 heavy (non-hydrogen) atoms. The zero-order valence-corrected chi connectivity index (χ0v) is 19.4. The normalized spacial score (nSPS) is 34.4. The van der Waals surface area contributed by atoms with Gasteiger partial charge in [0.1, 0.15) is 11.9 Å². The Morgan fingerprint density at radius 2 is 2.03 bits per heavy atom. The van der Waals surface area contributed by atoms with Gasteiger partial charge in [-0.3, -0.25) is 14.5 Å². The van der Waals surface area contributed by atoms with E-state index < -0.39 is 12.2 Å². The summed E-state index contributed by atoms with van der Waals surface area (Å²) in [6.07, 6.45) is 1.39. The predicted molar refractivity (Wildman–Crippen MR) is 122 cm³/mol. The molecule has 0 spiro atoms. The first-order valence-corrected chi connectivity index (χ1v) is 12.2. The quantitative estimate of drug-likeness (QED) is 0.702. The highest BCUT2D eigenvalue weighted by Gasteiger charge is 2.53. The van der Waals surface area contributed by atoms with E-state index in [4.69, 9.17) is 4.74 Å². The number of amides is 2. The van der Waals surface area contributed by atoms with Gasteiger partial charge < -0.3 is 20.3 Å². The van der Waals surface area contributed by atoms with Crippen molar-refractivity contribution >= 4 is 17.5 Å². The van der Waals surface area contributed by atoms with Gasteiger partial charge in [0.15, 0.2) is 0 Å². The van der Waals surface area contributed by atoms with Crippen LogP contribution >= 0.6 is 0 Å². The smallest absolute Gasteiger partial charge is 0.269 e. The number of nitrogens with one attached hydrogen (secondary N) is 2. The number of hydrogen-bond donors (Lipinski definition) is 2. The summed E-state index contributed by atoms with van der Waals surface area (Å²) in [7, 11) is 1.60. The number of rotatable bonds is 4. The van der Waals surface area contributed by atoms with Crippen LogP contribution in [0.15, 0.2) is 12.1 Å². The van der Waals surface area contributed by atoms with Gasteiger partial charge in [0.05, 0.1) is 29.4 Å². The first kappa shape index (κ1) is 22.5. The van der Waals surface area contributed by atoms with E-state index in [9.17, 15) is 9.59 Å². The highest BCUT2D eigenvalue weighted by atomic mass is 19.1. The number of fused-ring (bicyclic) bond motifs is 3. The van der Waals surface area contributed by atoms with E-state index in [2.05, 4.69) is 25.4 Å². The van der Waals surface area contributed by atoms with Crippen molar-refractivity contribution in [2.45, 2.75) is 44.5 Å². The highest BCUT2D eigenvalue weighted by Crippen LogP contribution is 2.42. The molecule has 4 fully saturated rings. The SMILES string of the molecule is CNC(=O)c1ccc(N2CCN(CC3CCC4C(NC(=O)C5CCOC54)C3F)CC2)c(C)n1. The van der Waals surface area contributed by atoms with E-state index in [-0.39, 0.29) is 35.7 Å². The molecule has 0 aromatic carbocycles. The largest absolute Gasteiger partial charge is 0.377 e. The molecular formula is C24H34FN5O3. The van der Waals surface area contributed by atoms with E-state index in [1.807, 2.05) is 13.0 Å². The molecule has 8 nitrogen and oxygen atoms in total. The van der Waals surface area contributed by atoms with Crippen LogP contribution in [0.25, 0.3) is 0 Å². The summed E-state index contributed by atoms with van der Waals surface area (Å²) in [6.45, 7) is 6.65. The summed E-state index contributed by atoms with van der Waals surface area (Å²) in [6, 6.07) is 3.31. The Morgan fingerprint density at radius 1 is 1.24 bits per heavy atom. The van der Waals surface area contributed by atoms with E-state index in [0.29, 0.717) is 12.3 Å². The van der Waals surface area contributed by atoms with Crippen LogP contribution in [0.3, 0.4) is 0 Å². The van der Waals surface area contributed by atoms with Gasteiger partial charge in [-0.1, -0.05) is 0 Å². The van der Waals surface area contributed by atoms with Gasteiger partial charge in [0.2, 0.25) is 5.91 Å². The number of carbonyl (C=O) groups is 2. The number of aryl methyl sites for hydroxylation is 1. The highest BCUT2D eigenvalue weighted by molar-refractivity contribution is 5.92.